The van der Waals surface area contributed by atoms with Crippen molar-refractivity contribution in [3.8, 4) is 5.00 Å². The van der Waals surface area contributed by atoms with Crippen molar-refractivity contribution in [1.29, 1.82) is 0 Å². The Balaban J connectivity index is 1.55. The average molecular weight is 449 g/mol. The van der Waals surface area contributed by atoms with Crippen LogP contribution in [0.2, 0.25) is 5.02 Å². The molecule has 0 saturated heterocycles. The van der Waals surface area contributed by atoms with Crippen molar-refractivity contribution in [2.24, 2.45) is 4.99 Å². The Morgan fingerprint density at radius 2 is 1.84 bits per heavy atom. The van der Waals surface area contributed by atoms with Crippen molar-refractivity contribution in [2.75, 3.05) is 0 Å². The van der Waals surface area contributed by atoms with Crippen LogP contribution in [-0.2, 0) is 17.9 Å². The lowest BCUT2D eigenvalue weighted by Gasteiger charge is -2.11. The minimum atomic E-state index is -0.0649. The summed E-state index contributed by atoms with van der Waals surface area (Å²) < 4.78 is 8.29. The number of aliphatic imine (C=N–C) groups is 1. The highest BCUT2D eigenvalue weighted by Gasteiger charge is 2.26. The van der Waals surface area contributed by atoms with Gasteiger partial charge in [0.2, 0.25) is 0 Å². The Morgan fingerprint density at radius 1 is 1.06 bits per heavy atom. The fourth-order valence-corrected chi connectivity index (χ4v) is 5.16. The van der Waals surface area contributed by atoms with E-state index in [0.717, 1.165) is 43.9 Å². The quantitative estimate of drug-likeness (QED) is 0.380. The van der Waals surface area contributed by atoms with Crippen molar-refractivity contribution < 1.29 is 4.74 Å². The second-order valence-electron chi connectivity index (χ2n) is 7.45. The Morgan fingerprint density at radius 3 is 2.65 bits per heavy atom. The van der Waals surface area contributed by atoms with Gasteiger partial charge in [-0.3, -0.25) is 9.56 Å². The molecule has 1 aliphatic rings. The summed E-state index contributed by atoms with van der Waals surface area (Å²) in [6.07, 6.45) is -0.0649. The van der Waals surface area contributed by atoms with Crippen molar-refractivity contribution in [3.05, 3.63) is 98.9 Å². The maximum atomic E-state index is 6.54. The normalized spacial score (nSPS) is 13.8. The third-order valence-electron chi connectivity index (χ3n) is 5.33. The van der Waals surface area contributed by atoms with Crippen LogP contribution < -0.4 is 0 Å². The number of rotatable bonds is 5. The standard InChI is InChI=1S/C24H21ClN4OS/c1-15(30-14-17-8-4-3-5-9-17)21-12-19-23(18-10-6-7-11-20(18)25)26-13-22-28-27-16(2)29(22)24(19)31-21/h3-12,15H,13-14H2,1-2H3. The van der Waals surface area contributed by atoms with Gasteiger partial charge in [-0.05, 0) is 31.5 Å². The zero-order valence-electron chi connectivity index (χ0n) is 17.2. The maximum absolute atomic E-state index is 6.54. The summed E-state index contributed by atoms with van der Waals surface area (Å²) in [7, 11) is 0. The van der Waals surface area contributed by atoms with Crippen LogP contribution in [0.25, 0.3) is 5.00 Å². The molecule has 156 valence electrons. The third kappa shape index (κ3) is 3.83. The lowest BCUT2D eigenvalue weighted by Crippen LogP contribution is -2.06. The Bertz CT molecular complexity index is 1260. The summed E-state index contributed by atoms with van der Waals surface area (Å²) in [6.45, 7) is 5.07. The fourth-order valence-electron chi connectivity index (χ4n) is 3.70. The van der Waals surface area contributed by atoms with Gasteiger partial charge in [0.25, 0.3) is 0 Å². The van der Waals surface area contributed by atoms with Gasteiger partial charge in [0.1, 0.15) is 17.4 Å². The van der Waals surface area contributed by atoms with E-state index in [1.54, 1.807) is 11.3 Å². The van der Waals surface area contributed by atoms with E-state index < -0.39 is 0 Å². The minimum Gasteiger partial charge on any atom is -0.368 e. The van der Waals surface area contributed by atoms with Crippen LogP contribution in [0.3, 0.4) is 0 Å². The van der Waals surface area contributed by atoms with Gasteiger partial charge < -0.3 is 4.74 Å². The molecule has 0 fully saturated rings. The number of benzene rings is 2. The van der Waals surface area contributed by atoms with Gasteiger partial charge in [-0.1, -0.05) is 60.1 Å². The molecule has 0 amide bonds. The van der Waals surface area contributed by atoms with Crippen LogP contribution in [0, 0.1) is 6.92 Å². The molecule has 0 spiro atoms. The summed E-state index contributed by atoms with van der Waals surface area (Å²) >= 11 is 8.24. The number of aromatic nitrogens is 3. The van der Waals surface area contributed by atoms with Crippen molar-refractivity contribution in [3.63, 3.8) is 0 Å². The first-order valence-electron chi connectivity index (χ1n) is 10.1. The van der Waals surface area contributed by atoms with E-state index >= 15 is 0 Å². The number of hydrogen-bond acceptors (Lipinski definition) is 5. The fraction of sp³-hybridized carbons (Fsp3) is 0.208. The van der Waals surface area contributed by atoms with E-state index in [1.807, 2.05) is 49.4 Å². The molecule has 7 heteroatoms. The molecule has 4 aromatic rings. The summed E-state index contributed by atoms with van der Waals surface area (Å²) in [5, 5.41) is 10.4. The van der Waals surface area contributed by atoms with Crippen LogP contribution in [0.5, 0.6) is 0 Å². The molecule has 0 N–H and O–H groups in total. The lowest BCUT2D eigenvalue weighted by atomic mass is 10.0. The molecule has 5 rings (SSSR count). The van der Waals surface area contributed by atoms with Crippen LogP contribution in [0.4, 0.5) is 0 Å². The van der Waals surface area contributed by atoms with E-state index in [-0.39, 0.29) is 6.10 Å². The molecule has 3 heterocycles. The van der Waals surface area contributed by atoms with Gasteiger partial charge >= 0.3 is 0 Å². The van der Waals surface area contributed by atoms with E-state index in [0.29, 0.717) is 18.2 Å². The first kappa shape index (κ1) is 20.1. The molecule has 2 aromatic heterocycles. The number of nitrogens with zero attached hydrogens (tertiary/aromatic N) is 4. The van der Waals surface area contributed by atoms with Gasteiger partial charge in [-0.2, -0.15) is 0 Å². The maximum Gasteiger partial charge on any atom is 0.160 e. The second kappa shape index (κ2) is 8.38. The summed E-state index contributed by atoms with van der Waals surface area (Å²) in [4.78, 5) is 6.02. The molecule has 1 atom stereocenters. The molecule has 31 heavy (non-hydrogen) atoms. The smallest absolute Gasteiger partial charge is 0.160 e. The highest BCUT2D eigenvalue weighted by Crippen LogP contribution is 2.37. The molecule has 0 saturated carbocycles. The van der Waals surface area contributed by atoms with E-state index in [1.165, 1.54) is 0 Å². The van der Waals surface area contributed by atoms with E-state index in [2.05, 4.69) is 39.9 Å². The van der Waals surface area contributed by atoms with Crippen LogP contribution in [-0.4, -0.2) is 20.5 Å². The third-order valence-corrected chi connectivity index (χ3v) is 6.94. The van der Waals surface area contributed by atoms with Gasteiger partial charge in [-0.25, -0.2) is 0 Å². The number of aryl methyl sites for hydroxylation is 1. The molecule has 5 nitrogen and oxygen atoms in total. The zero-order valence-corrected chi connectivity index (χ0v) is 18.8. The summed E-state index contributed by atoms with van der Waals surface area (Å²) in [5.74, 6) is 1.67. The second-order valence-corrected chi connectivity index (χ2v) is 8.92. The van der Waals surface area contributed by atoms with E-state index in [4.69, 9.17) is 21.3 Å². The van der Waals surface area contributed by atoms with Crippen LogP contribution in [0.15, 0.2) is 65.7 Å². The number of fused-ring (bicyclic) bond motifs is 3. The average Bonchev–Trinajstić information content (AvgIpc) is 3.34. The first-order valence-corrected chi connectivity index (χ1v) is 11.3. The molecule has 0 radical (unpaired) electrons. The highest BCUT2D eigenvalue weighted by atomic mass is 35.5. The molecular formula is C24H21ClN4OS. The van der Waals surface area contributed by atoms with Gasteiger partial charge in [-0.15, -0.1) is 21.5 Å². The zero-order chi connectivity index (χ0) is 21.4. The van der Waals surface area contributed by atoms with Crippen molar-refractivity contribution in [1.82, 2.24) is 14.8 Å². The molecule has 0 aliphatic carbocycles. The van der Waals surface area contributed by atoms with Crippen molar-refractivity contribution >= 4 is 28.6 Å². The highest BCUT2D eigenvalue weighted by molar-refractivity contribution is 7.15. The molecular weight excluding hydrogens is 428 g/mol. The number of hydrogen-bond donors (Lipinski definition) is 0. The van der Waals surface area contributed by atoms with Gasteiger partial charge in [0.05, 0.1) is 18.4 Å². The molecule has 2 aromatic carbocycles. The monoisotopic (exact) mass is 448 g/mol. The van der Waals surface area contributed by atoms with Gasteiger partial charge in [0, 0.05) is 21.0 Å². The van der Waals surface area contributed by atoms with Crippen LogP contribution >= 0.6 is 22.9 Å². The van der Waals surface area contributed by atoms with Crippen LogP contribution in [0.1, 0.15) is 46.2 Å². The number of ether oxygens (including phenoxy) is 1. The SMILES string of the molecule is Cc1nnc2n1-c1sc(C(C)OCc3ccccc3)cc1C(c1ccccc1Cl)=NC2. The topological polar surface area (TPSA) is 52.3 Å². The Kier molecular flexibility index (Phi) is 5.44. The predicted molar refractivity (Wildman–Crippen MR) is 124 cm³/mol. The Hall–Kier alpha value is -2.80. The van der Waals surface area contributed by atoms with E-state index in [9.17, 15) is 0 Å². The minimum absolute atomic E-state index is 0.0649. The molecule has 0 bridgehead atoms. The lowest BCUT2D eigenvalue weighted by molar-refractivity contribution is 0.0549. The number of thiophene rings is 1. The number of halogens is 1. The largest absolute Gasteiger partial charge is 0.368 e. The Labute approximate surface area is 190 Å². The molecule has 1 unspecified atom stereocenters. The van der Waals surface area contributed by atoms with Crippen molar-refractivity contribution in [2.45, 2.75) is 33.1 Å². The summed E-state index contributed by atoms with van der Waals surface area (Å²) in [5.41, 5.74) is 3.99. The predicted octanol–water partition coefficient (Wildman–Crippen LogP) is 5.92. The summed E-state index contributed by atoms with van der Waals surface area (Å²) in [6, 6.07) is 20.2. The molecule has 1 aliphatic heterocycles. The van der Waals surface area contributed by atoms with Gasteiger partial charge in [0.15, 0.2) is 5.82 Å². The first-order chi connectivity index (χ1) is 15.1.